The molecule has 128 valence electrons. The summed E-state index contributed by atoms with van der Waals surface area (Å²) in [6.07, 6.45) is 4.80. The van der Waals surface area contributed by atoms with Gasteiger partial charge in [0, 0.05) is 18.9 Å². The first-order chi connectivity index (χ1) is 12.2. The van der Waals surface area contributed by atoms with Gasteiger partial charge in [-0.2, -0.15) is 9.61 Å². The van der Waals surface area contributed by atoms with Crippen LogP contribution in [0.4, 0.5) is 5.82 Å². The molecule has 0 bridgehead atoms. The van der Waals surface area contributed by atoms with E-state index in [1.807, 2.05) is 12.1 Å². The normalized spacial score (nSPS) is 20.5. The largest absolute Gasteiger partial charge is 0.373 e. The third-order valence-electron chi connectivity index (χ3n) is 4.61. The lowest BCUT2D eigenvalue weighted by atomic mass is 9.88. The van der Waals surface area contributed by atoms with Crippen LogP contribution in [-0.4, -0.2) is 27.1 Å². The number of nitrogens with one attached hydrogen (secondary N) is 1. The molecule has 1 amide bonds. The predicted octanol–water partition coefficient (Wildman–Crippen LogP) is 3.14. The fraction of sp³-hybridized carbons (Fsp3) is 0.316. The maximum Gasteiger partial charge on any atom is 0.231 e. The molecule has 2 atom stereocenters. The zero-order valence-electron chi connectivity index (χ0n) is 14.1. The molecule has 0 radical (unpaired) electrons. The molecule has 1 N–H and O–H groups in total. The maximum atomic E-state index is 12.9. The number of rotatable bonds is 3. The molecule has 0 unspecified atom stereocenters. The van der Waals surface area contributed by atoms with E-state index in [1.54, 1.807) is 29.0 Å². The first kappa shape index (κ1) is 15.8. The van der Waals surface area contributed by atoms with E-state index in [9.17, 15) is 4.79 Å². The molecule has 0 saturated carbocycles. The molecule has 4 rings (SSSR count). The second kappa shape index (κ2) is 6.64. The van der Waals surface area contributed by atoms with Crippen LogP contribution in [0.15, 0.2) is 48.8 Å². The summed E-state index contributed by atoms with van der Waals surface area (Å²) in [4.78, 5) is 17.1. The highest BCUT2D eigenvalue weighted by Gasteiger charge is 2.33. The molecular formula is C19H20N4O2. The van der Waals surface area contributed by atoms with Crippen molar-refractivity contribution in [3.05, 3.63) is 59.9 Å². The number of benzene rings is 1. The highest BCUT2D eigenvalue weighted by Crippen LogP contribution is 2.34. The SMILES string of the molecule is Cc1ccc([C@@H]2OCCC[C@@H]2C(=O)Nc2ccnc3ccnn23)cc1. The first-order valence-corrected chi connectivity index (χ1v) is 8.50. The number of carbonyl (C=O) groups excluding carboxylic acids is 1. The Hall–Kier alpha value is -2.73. The van der Waals surface area contributed by atoms with Gasteiger partial charge in [0.25, 0.3) is 0 Å². The molecule has 0 aliphatic carbocycles. The number of hydrogen-bond donors (Lipinski definition) is 1. The Labute approximate surface area is 145 Å². The van der Waals surface area contributed by atoms with Gasteiger partial charge in [0.2, 0.25) is 5.91 Å². The van der Waals surface area contributed by atoms with E-state index in [2.05, 4.69) is 34.5 Å². The summed E-state index contributed by atoms with van der Waals surface area (Å²) in [7, 11) is 0. The van der Waals surface area contributed by atoms with Crippen LogP contribution in [0, 0.1) is 12.8 Å². The summed E-state index contributed by atoms with van der Waals surface area (Å²) in [5.41, 5.74) is 2.94. The summed E-state index contributed by atoms with van der Waals surface area (Å²) in [6.45, 7) is 2.73. The Bertz CT molecular complexity index is 888. The van der Waals surface area contributed by atoms with Gasteiger partial charge in [0.1, 0.15) is 5.82 Å². The predicted molar refractivity (Wildman–Crippen MR) is 94.2 cm³/mol. The minimum Gasteiger partial charge on any atom is -0.373 e. The van der Waals surface area contributed by atoms with Crippen LogP contribution in [0.25, 0.3) is 5.65 Å². The summed E-state index contributed by atoms with van der Waals surface area (Å²) < 4.78 is 7.58. The molecule has 1 aliphatic rings. The summed E-state index contributed by atoms with van der Waals surface area (Å²) >= 11 is 0. The number of amides is 1. The standard InChI is InChI=1S/C19H20N4O2/c1-13-4-6-14(7-5-13)18-15(3-2-12-25-18)19(24)22-17-8-10-20-16-9-11-21-23(16)17/h4-11,15,18H,2-3,12H2,1H3,(H,22,24)/t15-,18-/m0/s1. The van der Waals surface area contributed by atoms with Crippen molar-refractivity contribution >= 4 is 17.4 Å². The Morgan fingerprint density at radius 3 is 2.88 bits per heavy atom. The van der Waals surface area contributed by atoms with E-state index in [0.29, 0.717) is 18.1 Å². The van der Waals surface area contributed by atoms with Crippen molar-refractivity contribution in [3.63, 3.8) is 0 Å². The number of anilines is 1. The molecule has 3 aromatic rings. The van der Waals surface area contributed by atoms with Gasteiger partial charge in [-0.05, 0) is 31.4 Å². The van der Waals surface area contributed by atoms with Crippen molar-refractivity contribution in [1.82, 2.24) is 14.6 Å². The van der Waals surface area contributed by atoms with Crippen molar-refractivity contribution in [1.29, 1.82) is 0 Å². The topological polar surface area (TPSA) is 68.5 Å². The van der Waals surface area contributed by atoms with Gasteiger partial charge in [0.05, 0.1) is 18.2 Å². The van der Waals surface area contributed by atoms with Crippen molar-refractivity contribution in [3.8, 4) is 0 Å². The maximum absolute atomic E-state index is 12.9. The number of aryl methyl sites for hydroxylation is 1. The highest BCUT2D eigenvalue weighted by atomic mass is 16.5. The van der Waals surface area contributed by atoms with E-state index in [4.69, 9.17) is 4.74 Å². The van der Waals surface area contributed by atoms with Crippen molar-refractivity contribution in [2.45, 2.75) is 25.9 Å². The van der Waals surface area contributed by atoms with Crippen LogP contribution in [0.5, 0.6) is 0 Å². The lowest BCUT2D eigenvalue weighted by Gasteiger charge is -2.31. The van der Waals surface area contributed by atoms with E-state index < -0.39 is 0 Å². The minimum absolute atomic E-state index is 0.0479. The molecule has 3 heterocycles. The van der Waals surface area contributed by atoms with E-state index in [-0.39, 0.29) is 17.9 Å². The lowest BCUT2D eigenvalue weighted by molar-refractivity contribution is -0.129. The summed E-state index contributed by atoms with van der Waals surface area (Å²) in [5, 5.41) is 7.21. The molecule has 6 heteroatoms. The van der Waals surface area contributed by atoms with Crippen LogP contribution in [0.3, 0.4) is 0 Å². The molecular weight excluding hydrogens is 316 g/mol. The molecule has 25 heavy (non-hydrogen) atoms. The fourth-order valence-electron chi connectivity index (χ4n) is 3.28. The van der Waals surface area contributed by atoms with Gasteiger partial charge in [-0.25, -0.2) is 4.98 Å². The molecule has 6 nitrogen and oxygen atoms in total. The number of fused-ring (bicyclic) bond motifs is 1. The highest BCUT2D eigenvalue weighted by molar-refractivity contribution is 5.92. The quantitative estimate of drug-likeness (QED) is 0.798. The molecule has 1 aromatic carbocycles. The van der Waals surface area contributed by atoms with Crippen LogP contribution in [-0.2, 0) is 9.53 Å². The average molecular weight is 336 g/mol. The molecule has 1 aliphatic heterocycles. The van der Waals surface area contributed by atoms with E-state index in [0.717, 1.165) is 18.4 Å². The van der Waals surface area contributed by atoms with Gasteiger partial charge in [0.15, 0.2) is 5.65 Å². The molecule has 1 saturated heterocycles. The van der Waals surface area contributed by atoms with Gasteiger partial charge < -0.3 is 10.1 Å². The van der Waals surface area contributed by atoms with Crippen molar-refractivity contribution < 1.29 is 9.53 Å². The summed E-state index contributed by atoms with van der Waals surface area (Å²) in [5.74, 6) is 0.344. The molecule has 0 spiro atoms. The third-order valence-corrected chi connectivity index (χ3v) is 4.61. The number of nitrogens with zero attached hydrogens (tertiary/aromatic N) is 3. The Kier molecular flexibility index (Phi) is 4.19. The lowest BCUT2D eigenvalue weighted by Crippen LogP contribution is -2.33. The third kappa shape index (κ3) is 3.13. The number of carbonyl (C=O) groups is 1. The van der Waals surface area contributed by atoms with Gasteiger partial charge >= 0.3 is 0 Å². The second-order valence-electron chi connectivity index (χ2n) is 6.37. The van der Waals surface area contributed by atoms with E-state index in [1.165, 1.54) is 5.56 Å². The van der Waals surface area contributed by atoms with Gasteiger partial charge in [-0.15, -0.1) is 0 Å². The number of hydrogen-bond acceptors (Lipinski definition) is 4. The van der Waals surface area contributed by atoms with Crippen LogP contribution >= 0.6 is 0 Å². The van der Waals surface area contributed by atoms with Crippen molar-refractivity contribution in [2.75, 3.05) is 11.9 Å². The Morgan fingerprint density at radius 2 is 2.04 bits per heavy atom. The van der Waals surface area contributed by atoms with Gasteiger partial charge in [-0.3, -0.25) is 4.79 Å². The van der Waals surface area contributed by atoms with Crippen molar-refractivity contribution in [2.24, 2.45) is 5.92 Å². The zero-order chi connectivity index (χ0) is 17.2. The van der Waals surface area contributed by atoms with Crippen LogP contribution < -0.4 is 5.32 Å². The Balaban J connectivity index is 1.58. The zero-order valence-corrected chi connectivity index (χ0v) is 14.1. The van der Waals surface area contributed by atoms with Crippen LogP contribution in [0.1, 0.15) is 30.1 Å². The smallest absolute Gasteiger partial charge is 0.231 e. The number of ether oxygens (including phenoxy) is 1. The second-order valence-corrected chi connectivity index (χ2v) is 6.37. The fourth-order valence-corrected chi connectivity index (χ4v) is 3.28. The molecule has 2 aromatic heterocycles. The average Bonchev–Trinajstić information content (AvgIpc) is 3.12. The monoisotopic (exact) mass is 336 g/mol. The molecule has 1 fully saturated rings. The first-order valence-electron chi connectivity index (χ1n) is 8.50. The Morgan fingerprint density at radius 1 is 1.20 bits per heavy atom. The number of aromatic nitrogens is 3. The van der Waals surface area contributed by atoms with Crippen LogP contribution in [0.2, 0.25) is 0 Å². The van der Waals surface area contributed by atoms with Gasteiger partial charge in [-0.1, -0.05) is 29.8 Å². The van der Waals surface area contributed by atoms with E-state index >= 15 is 0 Å². The summed E-state index contributed by atoms with van der Waals surface area (Å²) in [6, 6.07) is 11.8. The minimum atomic E-state index is -0.227.